The van der Waals surface area contributed by atoms with E-state index in [1.54, 1.807) is 7.11 Å². The van der Waals surface area contributed by atoms with Crippen molar-refractivity contribution < 1.29 is 23.8 Å². The van der Waals surface area contributed by atoms with E-state index in [1.165, 1.54) is 24.8 Å². The molecule has 2 spiro atoms. The van der Waals surface area contributed by atoms with Crippen LogP contribution in [0.15, 0.2) is 12.1 Å². The summed E-state index contributed by atoms with van der Waals surface area (Å²) < 4.78 is 18.7. The van der Waals surface area contributed by atoms with E-state index in [0.717, 1.165) is 50.6 Å². The number of carbonyl (C=O) groups is 2. The Hall–Kier alpha value is -2.08. The number of ether oxygens (including phenoxy) is 3. The third-order valence-electron chi connectivity index (χ3n) is 9.79. The third-order valence-corrected chi connectivity index (χ3v) is 9.79. The minimum atomic E-state index is -0.719. The number of fused-ring (bicyclic) bond motifs is 1. The monoisotopic (exact) mass is 511 g/mol. The Morgan fingerprint density at radius 1 is 1.11 bits per heavy atom. The maximum Gasteiger partial charge on any atom is 0.306 e. The van der Waals surface area contributed by atoms with Gasteiger partial charge in [0, 0.05) is 30.4 Å². The Labute approximate surface area is 222 Å². The van der Waals surface area contributed by atoms with Crippen LogP contribution in [0, 0.1) is 5.41 Å². The standard InChI is InChI=1S/C26H33NO5.C5H12/c1-4-5-6-7-8-19(29)32-26-12-11-17(28)22-25(26)14-24(15-27(2)23(24)26)13-16-9-10-18(30-3)21(31-22)20(16)25;1-3-5-4-2/h9-10,22-23H,4-8,11-15H2,1-3H3;3-5H2,1-2H3/t22?,23-,24?,25?,26-;/m1./s1. The second kappa shape index (κ2) is 9.91. The van der Waals surface area contributed by atoms with Crippen molar-refractivity contribution in [2.45, 2.75) is 121 Å². The molecule has 6 heteroatoms. The molecule has 6 rings (SSSR count). The number of methoxy groups -OCH3 is 1. The molecule has 3 fully saturated rings. The second-order valence-electron chi connectivity index (χ2n) is 12.1. The molecule has 1 aromatic carbocycles. The lowest BCUT2D eigenvalue weighted by Gasteiger charge is -2.57. The second-order valence-corrected chi connectivity index (χ2v) is 12.1. The molecule has 2 aliphatic heterocycles. The third kappa shape index (κ3) is 3.68. The van der Waals surface area contributed by atoms with E-state index in [-0.39, 0.29) is 23.2 Å². The summed E-state index contributed by atoms with van der Waals surface area (Å²) in [7, 11) is 3.78. The fourth-order valence-electron chi connectivity index (χ4n) is 8.70. The molecule has 0 aromatic heterocycles. The molecule has 2 saturated carbocycles. The maximum atomic E-state index is 13.3. The molecule has 5 aliphatic rings. The number of nitrogens with zero attached hydrogens (tertiary/aromatic N) is 1. The van der Waals surface area contributed by atoms with Crippen molar-refractivity contribution in [3.63, 3.8) is 0 Å². The van der Waals surface area contributed by atoms with Gasteiger partial charge in [0.25, 0.3) is 0 Å². The first kappa shape index (κ1) is 26.5. The summed E-state index contributed by atoms with van der Waals surface area (Å²) >= 11 is 0. The first-order valence-corrected chi connectivity index (χ1v) is 14.7. The molecule has 2 heterocycles. The molecular weight excluding hydrogens is 466 g/mol. The average molecular weight is 512 g/mol. The minimum Gasteiger partial charge on any atom is -0.493 e. The van der Waals surface area contributed by atoms with Crippen LogP contribution in [0.4, 0.5) is 0 Å². The number of benzene rings is 1. The minimum absolute atomic E-state index is 0.0344. The highest BCUT2D eigenvalue weighted by Crippen LogP contribution is 2.75. The van der Waals surface area contributed by atoms with Gasteiger partial charge in [-0.3, -0.25) is 14.5 Å². The van der Waals surface area contributed by atoms with Crippen LogP contribution in [0.1, 0.15) is 103 Å². The molecule has 2 bridgehead atoms. The SMILES string of the molecule is CCCCC.CCCCCCC(=O)O[C@@]12CCC(=O)C3Oc4c(OC)ccc5c4C31CC1(C5)CN(C)[C@H]12. The number of rotatable bonds is 9. The Kier molecular flexibility index (Phi) is 7.10. The first-order valence-electron chi connectivity index (χ1n) is 14.7. The van der Waals surface area contributed by atoms with Gasteiger partial charge in [0.05, 0.1) is 18.6 Å². The van der Waals surface area contributed by atoms with Gasteiger partial charge in [-0.05, 0) is 44.4 Å². The van der Waals surface area contributed by atoms with Crippen LogP contribution in [-0.2, 0) is 26.2 Å². The van der Waals surface area contributed by atoms with Gasteiger partial charge in [0.15, 0.2) is 23.4 Å². The molecule has 1 aromatic rings. The summed E-state index contributed by atoms with van der Waals surface area (Å²) in [6, 6.07) is 4.23. The van der Waals surface area contributed by atoms with Gasteiger partial charge in [0.2, 0.25) is 0 Å². The van der Waals surface area contributed by atoms with Crippen molar-refractivity contribution in [1.82, 2.24) is 4.90 Å². The van der Waals surface area contributed by atoms with E-state index >= 15 is 0 Å². The lowest BCUT2D eigenvalue weighted by molar-refractivity contribution is -0.200. The van der Waals surface area contributed by atoms with Crippen LogP contribution in [0.2, 0.25) is 0 Å². The smallest absolute Gasteiger partial charge is 0.306 e. The van der Waals surface area contributed by atoms with Crippen molar-refractivity contribution >= 4 is 11.8 Å². The van der Waals surface area contributed by atoms with Crippen molar-refractivity contribution in [2.24, 2.45) is 5.41 Å². The summed E-state index contributed by atoms with van der Waals surface area (Å²) in [5.74, 6) is 1.38. The van der Waals surface area contributed by atoms with Crippen LogP contribution in [-0.4, -0.2) is 55.1 Å². The molecule has 204 valence electrons. The number of carbonyl (C=O) groups excluding carboxylic acids is 2. The number of likely N-dealkylation sites (tertiary alicyclic amines) is 1. The molecule has 1 saturated heterocycles. The molecule has 0 amide bonds. The Morgan fingerprint density at radius 2 is 1.86 bits per heavy atom. The highest BCUT2D eigenvalue weighted by Gasteiger charge is 2.84. The van der Waals surface area contributed by atoms with E-state index in [9.17, 15) is 9.59 Å². The van der Waals surface area contributed by atoms with E-state index < -0.39 is 17.1 Å². The molecule has 3 aliphatic carbocycles. The van der Waals surface area contributed by atoms with Gasteiger partial charge in [-0.1, -0.05) is 65.4 Å². The summed E-state index contributed by atoms with van der Waals surface area (Å²) in [5, 5.41) is 0. The van der Waals surface area contributed by atoms with Gasteiger partial charge in [-0.2, -0.15) is 0 Å². The lowest BCUT2D eigenvalue weighted by atomic mass is 9.57. The van der Waals surface area contributed by atoms with Gasteiger partial charge in [0.1, 0.15) is 5.60 Å². The Morgan fingerprint density at radius 3 is 2.51 bits per heavy atom. The number of likely N-dealkylation sites (N-methyl/N-ethyl adjacent to an activating group) is 1. The van der Waals surface area contributed by atoms with Gasteiger partial charge in [-0.25, -0.2) is 0 Å². The van der Waals surface area contributed by atoms with Crippen LogP contribution in [0.3, 0.4) is 0 Å². The van der Waals surface area contributed by atoms with Gasteiger partial charge >= 0.3 is 5.97 Å². The van der Waals surface area contributed by atoms with E-state index in [2.05, 4.69) is 38.8 Å². The van der Waals surface area contributed by atoms with Crippen molar-refractivity contribution in [1.29, 1.82) is 0 Å². The predicted molar refractivity (Wildman–Crippen MR) is 143 cm³/mol. The van der Waals surface area contributed by atoms with Crippen LogP contribution in [0.5, 0.6) is 11.5 Å². The molecular formula is C31H45NO5. The number of Topliss-reactive ketones (excluding diaryl/α,β-unsaturated/α-hetero) is 1. The summed E-state index contributed by atoms with van der Waals surface area (Å²) in [6.45, 7) is 7.56. The molecule has 0 N–H and O–H groups in total. The highest BCUT2D eigenvalue weighted by atomic mass is 16.6. The lowest BCUT2D eigenvalue weighted by Crippen LogP contribution is -2.72. The van der Waals surface area contributed by atoms with Crippen LogP contribution >= 0.6 is 0 Å². The number of hydrogen-bond acceptors (Lipinski definition) is 6. The topological polar surface area (TPSA) is 65.1 Å². The summed E-state index contributed by atoms with van der Waals surface area (Å²) in [5.41, 5.74) is 1.04. The predicted octanol–water partition coefficient (Wildman–Crippen LogP) is 5.77. The molecule has 0 radical (unpaired) electrons. The normalized spacial score (nSPS) is 33.9. The summed E-state index contributed by atoms with van der Waals surface area (Å²) in [6.07, 6.45) is 10.9. The first-order chi connectivity index (χ1) is 17.8. The Bertz CT molecular complexity index is 1050. The number of ketones is 1. The van der Waals surface area contributed by atoms with E-state index in [0.29, 0.717) is 30.8 Å². The number of unbranched alkanes of at least 4 members (excludes halogenated alkanes) is 5. The maximum absolute atomic E-state index is 13.3. The Balaban J connectivity index is 0.000000514. The van der Waals surface area contributed by atoms with E-state index in [4.69, 9.17) is 14.2 Å². The zero-order valence-corrected chi connectivity index (χ0v) is 23.5. The van der Waals surface area contributed by atoms with Crippen molar-refractivity contribution in [2.75, 3.05) is 20.7 Å². The number of hydrogen-bond donors (Lipinski definition) is 0. The van der Waals surface area contributed by atoms with Crippen molar-refractivity contribution in [3.8, 4) is 11.5 Å². The fraction of sp³-hybridized carbons (Fsp3) is 0.742. The molecule has 6 nitrogen and oxygen atoms in total. The number of esters is 1. The molecule has 5 atom stereocenters. The van der Waals surface area contributed by atoms with Gasteiger partial charge in [-0.15, -0.1) is 0 Å². The van der Waals surface area contributed by atoms with Crippen molar-refractivity contribution in [3.05, 3.63) is 23.3 Å². The van der Waals surface area contributed by atoms with Crippen LogP contribution in [0.25, 0.3) is 0 Å². The summed E-state index contributed by atoms with van der Waals surface area (Å²) in [4.78, 5) is 28.9. The van der Waals surface area contributed by atoms with Crippen LogP contribution < -0.4 is 9.47 Å². The van der Waals surface area contributed by atoms with E-state index in [1.807, 2.05) is 6.07 Å². The zero-order valence-electron chi connectivity index (χ0n) is 23.5. The average Bonchev–Trinajstić information content (AvgIpc) is 3.30. The fourth-order valence-corrected chi connectivity index (χ4v) is 8.70. The largest absolute Gasteiger partial charge is 0.493 e. The quantitative estimate of drug-likeness (QED) is 0.310. The highest BCUT2D eigenvalue weighted by molar-refractivity contribution is 5.91. The zero-order chi connectivity index (χ0) is 26.4. The molecule has 37 heavy (non-hydrogen) atoms. The van der Waals surface area contributed by atoms with Gasteiger partial charge < -0.3 is 14.2 Å². The molecule has 3 unspecified atom stereocenters.